The van der Waals surface area contributed by atoms with Gasteiger partial charge in [-0.25, -0.2) is 0 Å². The van der Waals surface area contributed by atoms with E-state index in [1.54, 1.807) is 11.9 Å². The van der Waals surface area contributed by atoms with Crippen molar-refractivity contribution >= 4 is 17.8 Å². The Balaban J connectivity index is 1.86. The van der Waals surface area contributed by atoms with Gasteiger partial charge in [0.1, 0.15) is 0 Å². The summed E-state index contributed by atoms with van der Waals surface area (Å²) in [4.78, 5) is 17.3. The van der Waals surface area contributed by atoms with E-state index in [2.05, 4.69) is 25.2 Å². The van der Waals surface area contributed by atoms with E-state index >= 15 is 0 Å². The number of rotatable bonds is 3. The molecule has 2 unspecified atom stereocenters. The topological polar surface area (TPSA) is 97.6 Å². The van der Waals surface area contributed by atoms with E-state index in [9.17, 15) is 10.2 Å². The van der Waals surface area contributed by atoms with E-state index in [-0.39, 0.29) is 0 Å². The maximum Gasteiger partial charge on any atom is 0.232 e. The molecule has 2 saturated heterocycles. The second-order valence-electron chi connectivity index (χ2n) is 5.60. The predicted octanol–water partition coefficient (Wildman–Crippen LogP) is -0.555. The van der Waals surface area contributed by atoms with Crippen LogP contribution in [0.2, 0.25) is 0 Å². The Labute approximate surface area is 123 Å². The molecule has 3 rings (SSSR count). The van der Waals surface area contributed by atoms with Gasteiger partial charge in [0.2, 0.25) is 17.8 Å². The van der Waals surface area contributed by atoms with Crippen molar-refractivity contribution < 1.29 is 10.2 Å². The van der Waals surface area contributed by atoms with E-state index in [1.165, 1.54) is 6.42 Å². The Morgan fingerprint density at radius 1 is 0.905 bits per heavy atom. The smallest absolute Gasteiger partial charge is 0.232 e. The number of nitrogens with zero attached hydrogens (tertiary/aromatic N) is 5. The molecular formula is C13H22N6O2. The molecule has 3 heterocycles. The number of nitrogens with one attached hydrogen (secondary N) is 1. The van der Waals surface area contributed by atoms with Crippen molar-refractivity contribution in [2.75, 3.05) is 48.3 Å². The Hall–Kier alpha value is -1.67. The zero-order valence-corrected chi connectivity index (χ0v) is 12.2. The van der Waals surface area contributed by atoms with Crippen LogP contribution in [0.5, 0.6) is 0 Å². The Morgan fingerprint density at radius 2 is 1.48 bits per heavy atom. The van der Waals surface area contributed by atoms with E-state index in [1.807, 2.05) is 0 Å². The highest BCUT2D eigenvalue weighted by Gasteiger charge is 2.32. The molecule has 0 aliphatic carbocycles. The van der Waals surface area contributed by atoms with Crippen LogP contribution in [0.15, 0.2) is 0 Å². The first-order chi connectivity index (χ1) is 10.2. The second kappa shape index (κ2) is 5.98. The van der Waals surface area contributed by atoms with Crippen LogP contribution < -0.4 is 15.1 Å². The lowest BCUT2D eigenvalue weighted by atomic mass is 10.1. The fraction of sp³-hybridized carbons (Fsp3) is 0.769. The van der Waals surface area contributed by atoms with Gasteiger partial charge >= 0.3 is 0 Å². The highest BCUT2D eigenvalue weighted by atomic mass is 16.3. The number of aliphatic hydroxyl groups is 2. The summed E-state index contributed by atoms with van der Waals surface area (Å²) in [5, 5.41) is 22.3. The van der Waals surface area contributed by atoms with Gasteiger partial charge in [-0.3, -0.25) is 0 Å². The van der Waals surface area contributed by atoms with E-state index in [0.29, 0.717) is 30.9 Å². The molecular weight excluding hydrogens is 272 g/mol. The van der Waals surface area contributed by atoms with Gasteiger partial charge in [0.25, 0.3) is 0 Å². The second-order valence-corrected chi connectivity index (χ2v) is 5.60. The normalized spacial score (nSPS) is 26.2. The number of piperidine rings is 1. The molecule has 0 spiro atoms. The highest BCUT2D eigenvalue weighted by molar-refractivity contribution is 5.46. The van der Waals surface area contributed by atoms with Crippen molar-refractivity contribution in [1.29, 1.82) is 0 Å². The number of aliphatic hydroxyl groups excluding tert-OH is 2. The molecule has 0 amide bonds. The molecule has 2 fully saturated rings. The first-order valence-electron chi connectivity index (χ1n) is 7.47. The van der Waals surface area contributed by atoms with Crippen molar-refractivity contribution in [1.82, 2.24) is 15.0 Å². The highest BCUT2D eigenvalue weighted by Crippen LogP contribution is 2.22. The van der Waals surface area contributed by atoms with Crippen LogP contribution in [0.25, 0.3) is 0 Å². The van der Waals surface area contributed by atoms with Gasteiger partial charge < -0.3 is 25.3 Å². The number of hydrogen-bond acceptors (Lipinski definition) is 8. The average Bonchev–Trinajstić information content (AvgIpc) is 2.87. The third-order valence-corrected chi connectivity index (χ3v) is 4.02. The van der Waals surface area contributed by atoms with E-state index < -0.39 is 12.2 Å². The first-order valence-corrected chi connectivity index (χ1v) is 7.47. The average molecular weight is 294 g/mol. The van der Waals surface area contributed by atoms with Gasteiger partial charge in [0.15, 0.2) is 0 Å². The molecule has 21 heavy (non-hydrogen) atoms. The van der Waals surface area contributed by atoms with Crippen LogP contribution in [0.4, 0.5) is 17.8 Å². The summed E-state index contributed by atoms with van der Waals surface area (Å²) >= 11 is 0. The molecule has 0 saturated carbocycles. The van der Waals surface area contributed by atoms with Gasteiger partial charge in [-0.15, -0.1) is 0 Å². The zero-order valence-electron chi connectivity index (χ0n) is 12.2. The lowest BCUT2D eigenvalue weighted by Gasteiger charge is -2.27. The molecule has 2 aliphatic heterocycles. The van der Waals surface area contributed by atoms with Gasteiger partial charge in [-0.2, -0.15) is 15.0 Å². The van der Waals surface area contributed by atoms with Crippen LogP contribution in [-0.2, 0) is 0 Å². The van der Waals surface area contributed by atoms with E-state index in [0.717, 1.165) is 25.9 Å². The zero-order chi connectivity index (χ0) is 14.8. The molecule has 8 nitrogen and oxygen atoms in total. The molecule has 0 bridgehead atoms. The third-order valence-electron chi connectivity index (χ3n) is 4.02. The Kier molecular flexibility index (Phi) is 4.07. The SMILES string of the molecule is CNc1nc(N2CCCCC2)nc(N2CC(O)C(O)C2)n1. The minimum absolute atomic E-state index is 0.341. The van der Waals surface area contributed by atoms with Crippen LogP contribution in [0.1, 0.15) is 19.3 Å². The third kappa shape index (κ3) is 3.01. The van der Waals surface area contributed by atoms with Crippen molar-refractivity contribution in [3.8, 4) is 0 Å². The molecule has 8 heteroatoms. The summed E-state index contributed by atoms with van der Waals surface area (Å²) in [7, 11) is 1.77. The van der Waals surface area contributed by atoms with Gasteiger partial charge in [-0.05, 0) is 19.3 Å². The number of hydrogen-bond donors (Lipinski definition) is 3. The lowest BCUT2D eigenvalue weighted by Crippen LogP contribution is -2.32. The largest absolute Gasteiger partial charge is 0.388 e. The van der Waals surface area contributed by atoms with Crippen LogP contribution >= 0.6 is 0 Å². The quantitative estimate of drug-likeness (QED) is 0.683. The van der Waals surface area contributed by atoms with Crippen molar-refractivity contribution in [3.05, 3.63) is 0 Å². The molecule has 0 aromatic carbocycles. The number of anilines is 3. The lowest BCUT2D eigenvalue weighted by molar-refractivity contribution is 0.0572. The Bertz CT molecular complexity index is 484. The molecule has 3 N–H and O–H groups in total. The summed E-state index contributed by atoms with van der Waals surface area (Å²) < 4.78 is 0. The number of aromatic nitrogens is 3. The van der Waals surface area contributed by atoms with Crippen LogP contribution in [-0.4, -0.2) is 70.6 Å². The standard InChI is InChI=1S/C13H22N6O2/c1-14-11-15-12(18-5-3-2-4-6-18)17-13(16-11)19-7-9(20)10(21)8-19/h9-10,20-21H,2-8H2,1H3,(H,14,15,16,17). The monoisotopic (exact) mass is 294 g/mol. The minimum atomic E-state index is -0.752. The number of β-amino-alcohol motifs (C(OH)–C–C–N with tert-alkyl or cyclic N) is 2. The summed E-state index contributed by atoms with van der Waals surface area (Å²) in [5.74, 6) is 1.68. The molecule has 0 radical (unpaired) electrons. The van der Waals surface area contributed by atoms with Crippen LogP contribution in [0, 0.1) is 0 Å². The summed E-state index contributed by atoms with van der Waals surface area (Å²) in [6.45, 7) is 2.59. The van der Waals surface area contributed by atoms with Crippen molar-refractivity contribution in [2.45, 2.75) is 31.5 Å². The van der Waals surface area contributed by atoms with E-state index in [4.69, 9.17) is 0 Å². The minimum Gasteiger partial charge on any atom is -0.388 e. The summed E-state index contributed by atoms with van der Waals surface area (Å²) in [5.41, 5.74) is 0. The van der Waals surface area contributed by atoms with Gasteiger partial charge in [-0.1, -0.05) is 0 Å². The van der Waals surface area contributed by atoms with Crippen LogP contribution in [0.3, 0.4) is 0 Å². The maximum atomic E-state index is 9.69. The fourth-order valence-corrected chi connectivity index (χ4v) is 2.78. The van der Waals surface area contributed by atoms with Gasteiger partial charge in [0, 0.05) is 33.2 Å². The van der Waals surface area contributed by atoms with Crippen molar-refractivity contribution in [3.63, 3.8) is 0 Å². The fourth-order valence-electron chi connectivity index (χ4n) is 2.78. The molecule has 1 aromatic rings. The van der Waals surface area contributed by atoms with Crippen molar-refractivity contribution in [2.24, 2.45) is 0 Å². The molecule has 116 valence electrons. The van der Waals surface area contributed by atoms with Gasteiger partial charge in [0.05, 0.1) is 12.2 Å². The first kappa shape index (κ1) is 14.3. The molecule has 2 atom stereocenters. The molecule has 2 aliphatic rings. The molecule has 1 aromatic heterocycles. The Morgan fingerprint density at radius 3 is 2.05 bits per heavy atom. The summed E-state index contributed by atoms with van der Waals surface area (Å²) in [6, 6.07) is 0. The predicted molar refractivity (Wildman–Crippen MR) is 79.7 cm³/mol. The summed E-state index contributed by atoms with van der Waals surface area (Å²) in [6.07, 6.45) is 2.04. The maximum absolute atomic E-state index is 9.69.